The molecule has 5 nitrogen and oxygen atoms in total. The van der Waals surface area contributed by atoms with Crippen LogP contribution in [0.1, 0.15) is 37.3 Å². The number of rotatable bonds is 4. The smallest absolute Gasteiger partial charge is 0.244 e. The Kier molecular flexibility index (Phi) is 4.73. The summed E-state index contributed by atoms with van der Waals surface area (Å²) < 4.78 is 24.5. The van der Waals surface area contributed by atoms with Gasteiger partial charge in [0, 0.05) is 25.8 Å². The van der Waals surface area contributed by atoms with Crippen LogP contribution in [-0.4, -0.2) is 41.3 Å². The third kappa shape index (κ3) is 3.43. The summed E-state index contributed by atoms with van der Waals surface area (Å²) in [6.45, 7) is 5.67. The average Bonchev–Trinajstić information content (AvgIpc) is 3.07. The van der Waals surface area contributed by atoms with Gasteiger partial charge in [0.25, 0.3) is 0 Å². The van der Waals surface area contributed by atoms with Gasteiger partial charge in [-0.3, -0.25) is 4.90 Å². The van der Waals surface area contributed by atoms with Gasteiger partial charge in [-0.15, -0.1) is 0 Å². The maximum atomic E-state index is 13.7. The normalized spacial score (nSPS) is 18.3. The lowest BCUT2D eigenvalue weighted by Crippen LogP contribution is -2.38. The lowest BCUT2D eigenvalue weighted by atomic mass is 10.1. The summed E-state index contributed by atoms with van der Waals surface area (Å²) in [6.07, 6.45) is 2.35. The molecule has 0 N–H and O–H groups in total. The van der Waals surface area contributed by atoms with Gasteiger partial charge in [-0.25, -0.2) is 4.39 Å². The monoisotopic (exact) mass is 319 g/mol. The van der Waals surface area contributed by atoms with Crippen LogP contribution in [0, 0.1) is 12.7 Å². The Labute approximate surface area is 135 Å². The van der Waals surface area contributed by atoms with Crippen molar-refractivity contribution in [2.24, 2.45) is 0 Å². The zero-order valence-corrected chi connectivity index (χ0v) is 13.8. The van der Waals surface area contributed by atoms with Gasteiger partial charge in [0.2, 0.25) is 11.7 Å². The molecule has 0 radical (unpaired) electrons. The van der Waals surface area contributed by atoms with Gasteiger partial charge in [-0.05, 0) is 38.3 Å². The van der Waals surface area contributed by atoms with E-state index in [9.17, 15) is 4.39 Å². The first-order valence-electron chi connectivity index (χ1n) is 7.95. The van der Waals surface area contributed by atoms with Crippen LogP contribution in [0.15, 0.2) is 22.7 Å². The molecule has 1 aromatic heterocycles. The number of halogens is 1. The molecule has 1 aromatic carbocycles. The number of likely N-dealkylation sites (tertiary alicyclic amines) is 1. The highest BCUT2D eigenvalue weighted by Gasteiger charge is 2.26. The molecule has 1 unspecified atom stereocenters. The summed E-state index contributed by atoms with van der Waals surface area (Å²) in [7, 11) is 1.76. The van der Waals surface area contributed by atoms with Crippen molar-refractivity contribution in [1.82, 2.24) is 15.0 Å². The van der Waals surface area contributed by atoms with E-state index in [1.165, 1.54) is 6.07 Å². The number of ether oxygens (including phenoxy) is 1. The second-order valence-corrected chi connectivity index (χ2v) is 6.07. The van der Waals surface area contributed by atoms with E-state index in [1.54, 1.807) is 20.1 Å². The molecule has 0 spiro atoms. The van der Waals surface area contributed by atoms with Crippen LogP contribution in [0.3, 0.4) is 0 Å². The van der Waals surface area contributed by atoms with Crippen LogP contribution in [0.4, 0.5) is 4.39 Å². The van der Waals surface area contributed by atoms with E-state index in [4.69, 9.17) is 9.26 Å². The van der Waals surface area contributed by atoms with Crippen LogP contribution in [0.25, 0.3) is 11.4 Å². The number of nitrogens with zero attached hydrogens (tertiary/aromatic N) is 3. The van der Waals surface area contributed by atoms with E-state index >= 15 is 0 Å². The van der Waals surface area contributed by atoms with Gasteiger partial charge < -0.3 is 9.26 Å². The van der Waals surface area contributed by atoms with Gasteiger partial charge in [-0.2, -0.15) is 4.98 Å². The molecule has 1 aliphatic heterocycles. The highest BCUT2D eigenvalue weighted by Crippen LogP contribution is 2.26. The second kappa shape index (κ2) is 6.76. The Morgan fingerprint density at radius 2 is 2.09 bits per heavy atom. The predicted octanol–water partition coefficient (Wildman–Crippen LogP) is 3.36. The molecular weight excluding hydrogens is 297 g/mol. The molecule has 3 rings (SSSR count). The average molecular weight is 319 g/mol. The summed E-state index contributed by atoms with van der Waals surface area (Å²) >= 11 is 0. The van der Waals surface area contributed by atoms with E-state index in [1.807, 2.05) is 6.07 Å². The highest BCUT2D eigenvalue weighted by molar-refractivity contribution is 5.54. The Hall–Kier alpha value is -1.79. The number of aryl methyl sites for hydroxylation is 1. The molecule has 1 saturated heterocycles. The summed E-state index contributed by atoms with van der Waals surface area (Å²) in [4.78, 5) is 6.76. The molecule has 6 heteroatoms. The molecule has 0 amide bonds. The molecule has 1 atom stereocenters. The Morgan fingerprint density at radius 1 is 1.35 bits per heavy atom. The number of hydrogen-bond donors (Lipinski definition) is 0. The van der Waals surface area contributed by atoms with Crippen molar-refractivity contribution in [2.45, 2.75) is 38.8 Å². The minimum absolute atomic E-state index is 0.0457. The van der Waals surface area contributed by atoms with E-state index in [2.05, 4.69) is 22.0 Å². The quantitative estimate of drug-likeness (QED) is 0.865. The second-order valence-electron chi connectivity index (χ2n) is 6.07. The number of aromatic nitrogens is 2. The Balaban J connectivity index is 1.72. The fourth-order valence-corrected chi connectivity index (χ4v) is 2.91. The molecular formula is C17H22FN3O2. The van der Waals surface area contributed by atoms with E-state index in [-0.39, 0.29) is 11.9 Å². The zero-order chi connectivity index (χ0) is 16.4. The molecule has 0 bridgehead atoms. The topological polar surface area (TPSA) is 51.4 Å². The number of benzene rings is 1. The molecule has 2 aromatic rings. The SMILES string of the molecule is COC1CCN(C(C)c2nc(-c3ccc(C)c(F)c3)no2)CC1. The Bertz CT molecular complexity index is 666. The minimum atomic E-state index is -0.261. The number of hydrogen-bond acceptors (Lipinski definition) is 5. The molecule has 0 aliphatic carbocycles. The van der Waals surface area contributed by atoms with E-state index in [0.717, 1.165) is 25.9 Å². The minimum Gasteiger partial charge on any atom is -0.381 e. The lowest BCUT2D eigenvalue weighted by Gasteiger charge is -2.33. The third-order valence-electron chi connectivity index (χ3n) is 4.59. The van der Waals surface area contributed by atoms with Crippen molar-refractivity contribution in [2.75, 3.05) is 20.2 Å². The fraction of sp³-hybridized carbons (Fsp3) is 0.529. The first kappa shape index (κ1) is 16.1. The van der Waals surface area contributed by atoms with Crippen LogP contribution in [0.5, 0.6) is 0 Å². The van der Waals surface area contributed by atoms with E-state index < -0.39 is 0 Å². The summed E-state index contributed by atoms with van der Waals surface area (Å²) in [5.74, 6) is 0.734. The maximum Gasteiger partial charge on any atom is 0.244 e. The lowest BCUT2D eigenvalue weighted by molar-refractivity contribution is 0.0247. The van der Waals surface area contributed by atoms with Crippen molar-refractivity contribution in [3.8, 4) is 11.4 Å². The van der Waals surface area contributed by atoms with Crippen LogP contribution in [-0.2, 0) is 4.74 Å². The number of piperidine rings is 1. The van der Waals surface area contributed by atoms with Crippen molar-refractivity contribution < 1.29 is 13.7 Å². The first-order valence-corrected chi connectivity index (χ1v) is 7.95. The molecule has 124 valence electrons. The third-order valence-corrected chi connectivity index (χ3v) is 4.59. The standard InChI is InChI=1S/C17H22FN3O2/c1-11-4-5-13(10-15(11)18)16-19-17(23-20-16)12(2)21-8-6-14(22-3)7-9-21/h4-5,10,12,14H,6-9H2,1-3H3. The van der Waals surface area contributed by atoms with Gasteiger partial charge >= 0.3 is 0 Å². The predicted molar refractivity (Wildman–Crippen MR) is 84.4 cm³/mol. The van der Waals surface area contributed by atoms with Crippen LogP contribution >= 0.6 is 0 Å². The molecule has 1 fully saturated rings. The van der Waals surface area contributed by atoms with Gasteiger partial charge in [-0.1, -0.05) is 17.3 Å². The van der Waals surface area contributed by atoms with Crippen molar-refractivity contribution >= 4 is 0 Å². The van der Waals surface area contributed by atoms with Crippen molar-refractivity contribution in [3.05, 3.63) is 35.5 Å². The molecule has 23 heavy (non-hydrogen) atoms. The maximum absolute atomic E-state index is 13.7. The van der Waals surface area contributed by atoms with E-state index in [0.29, 0.717) is 28.9 Å². The van der Waals surface area contributed by atoms with Crippen LogP contribution < -0.4 is 0 Å². The summed E-state index contributed by atoms with van der Waals surface area (Å²) in [5.41, 5.74) is 1.24. The molecule has 1 aliphatic rings. The highest BCUT2D eigenvalue weighted by atomic mass is 19.1. The van der Waals surface area contributed by atoms with Gasteiger partial charge in [0.1, 0.15) is 5.82 Å². The van der Waals surface area contributed by atoms with Crippen molar-refractivity contribution in [3.63, 3.8) is 0 Å². The summed E-state index contributed by atoms with van der Waals surface area (Å²) in [6, 6.07) is 5.02. The largest absolute Gasteiger partial charge is 0.381 e. The summed E-state index contributed by atoms with van der Waals surface area (Å²) in [5, 5.41) is 4.00. The fourth-order valence-electron chi connectivity index (χ4n) is 2.91. The first-order chi connectivity index (χ1) is 11.1. The Morgan fingerprint density at radius 3 is 2.74 bits per heavy atom. The molecule has 2 heterocycles. The number of methoxy groups -OCH3 is 1. The van der Waals surface area contributed by atoms with Gasteiger partial charge in [0.05, 0.1) is 12.1 Å². The van der Waals surface area contributed by atoms with Crippen LogP contribution in [0.2, 0.25) is 0 Å². The van der Waals surface area contributed by atoms with Gasteiger partial charge in [0.15, 0.2) is 0 Å². The molecule has 0 saturated carbocycles. The van der Waals surface area contributed by atoms with Crippen molar-refractivity contribution in [1.29, 1.82) is 0 Å². The zero-order valence-electron chi connectivity index (χ0n) is 13.8.